The van der Waals surface area contributed by atoms with Crippen molar-refractivity contribution in [3.05, 3.63) is 41.9 Å². The van der Waals surface area contributed by atoms with E-state index >= 15 is 0 Å². The standard InChI is InChI=1S/C10H13N3O/c1-8-12-3-4-13(8)7-9-2-5-14-10(9)6-11/h2-5H,6-7,11H2,1H3. The number of imidazole rings is 1. The van der Waals surface area contributed by atoms with Gasteiger partial charge in [0.05, 0.1) is 19.4 Å². The molecule has 74 valence electrons. The minimum absolute atomic E-state index is 0.441. The molecule has 2 aromatic heterocycles. The van der Waals surface area contributed by atoms with Crippen LogP contribution in [-0.2, 0) is 13.1 Å². The summed E-state index contributed by atoms with van der Waals surface area (Å²) in [5.41, 5.74) is 6.66. The highest BCUT2D eigenvalue weighted by Crippen LogP contribution is 2.12. The molecule has 0 aliphatic carbocycles. The van der Waals surface area contributed by atoms with E-state index in [1.165, 1.54) is 0 Å². The van der Waals surface area contributed by atoms with Gasteiger partial charge in [-0.15, -0.1) is 0 Å². The van der Waals surface area contributed by atoms with Crippen molar-refractivity contribution in [3.63, 3.8) is 0 Å². The topological polar surface area (TPSA) is 57.0 Å². The molecular weight excluding hydrogens is 178 g/mol. The van der Waals surface area contributed by atoms with Gasteiger partial charge in [0.25, 0.3) is 0 Å². The summed E-state index contributed by atoms with van der Waals surface area (Å²) in [6.07, 6.45) is 5.41. The molecule has 0 bridgehead atoms. The van der Waals surface area contributed by atoms with Crippen LogP contribution in [0.25, 0.3) is 0 Å². The molecule has 0 atom stereocenters. The van der Waals surface area contributed by atoms with Gasteiger partial charge in [0.1, 0.15) is 11.6 Å². The number of aryl methyl sites for hydroxylation is 1. The van der Waals surface area contributed by atoms with Crippen LogP contribution >= 0.6 is 0 Å². The fraction of sp³-hybridized carbons (Fsp3) is 0.300. The highest BCUT2D eigenvalue weighted by Gasteiger charge is 2.05. The third-order valence-electron chi connectivity index (χ3n) is 2.29. The van der Waals surface area contributed by atoms with Crippen molar-refractivity contribution >= 4 is 0 Å². The summed E-state index contributed by atoms with van der Waals surface area (Å²) >= 11 is 0. The minimum Gasteiger partial charge on any atom is -0.468 e. The number of nitrogens with two attached hydrogens (primary N) is 1. The maximum absolute atomic E-state index is 5.54. The number of hydrogen-bond donors (Lipinski definition) is 1. The molecule has 0 saturated carbocycles. The molecule has 4 heteroatoms. The Morgan fingerprint density at radius 3 is 3.07 bits per heavy atom. The quantitative estimate of drug-likeness (QED) is 0.795. The fourth-order valence-electron chi connectivity index (χ4n) is 1.44. The summed E-state index contributed by atoms with van der Waals surface area (Å²) < 4.78 is 7.30. The first-order valence-electron chi connectivity index (χ1n) is 4.54. The molecule has 2 rings (SSSR count). The smallest absolute Gasteiger partial charge is 0.122 e. The van der Waals surface area contributed by atoms with E-state index in [2.05, 4.69) is 9.55 Å². The van der Waals surface area contributed by atoms with Crippen LogP contribution in [0.5, 0.6) is 0 Å². The summed E-state index contributed by atoms with van der Waals surface area (Å²) in [4.78, 5) is 4.15. The second-order valence-corrected chi connectivity index (χ2v) is 3.18. The second-order valence-electron chi connectivity index (χ2n) is 3.18. The Hall–Kier alpha value is -1.55. The lowest BCUT2D eigenvalue weighted by Crippen LogP contribution is -2.04. The lowest BCUT2D eigenvalue weighted by molar-refractivity contribution is 0.505. The summed E-state index contributed by atoms with van der Waals surface area (Å²) in [7, 11) is 0. The lowest BCUT2D eigenvalue weighted by atomic mass is 10.2. The van der Waals surface area contributed by atoms with E-state index in [1.807, 2.05) is 19.2 Å². The molecule has 0 fully saturated rings. The first-order valence-corrected chi connectivity index (χ1v) is 4.54. The third kappa shape index (κ3) is 1.56. The second kappa shape index (κ2) is 3.67. The van der Waals surface area contributed by atoms with Crippen molar-refractivity contribution in [1.29, 1.82) is 0 Å². The highest BCUT2D eigenvalue weighted by molar-refractivity contribution is 5.17. The maximum Gasteiger partial charge on any atom is 0.122 e. The fourth-order valence-corrected chi connectivity index (χ4v) is 1.44. The Kier molecular flexibility index (Phi) is 2.37. The molecule has 2 aromatic rings. The number of aromatic nitrogens is 2. The molecule has 0 saturated heterocycles. The predicted octanol–water partition coefficient (Wildman–Crippen LogP) is 1.29. The largest absolute Gasteiger partial charge is 0.468 e. The Morgan fingerprint density at radius 1 is 1.57 bits per heavy atom. The molecule has 4 nitrogen and oxygen atoms in total. The minimum atomic E-state index is 0.441. The van der Waals surface area contributed by atoms with Crippen LogP contribution in [0, 0.1) is 6.92 Å². The van der Waals surface area contributed by atoms with Crippen molar-refractivity contribution in [2.24, 2.45) is 5.73 Å². The first kappa shape index (κ1) is 9.02. The van der Waals surface area contributed by atoms with E-state index in [4.69, 9.17) is 10.2 Å². The average Bonchev–Trinajstić information content (AvgIpc) is 2.77. The summed E-state index contributed by atoms with van der Waals surface area (Å²) in [6.45, 7) is 3.19. The summed E-state index contributed by atoms with van der Waals surface area (Å²) in [5.74, 6) is 1.84. The molecule has 0 radical (unpaired) electrons. The van der Waals surface area contributed by atoms with Gasteiger partial charge in [0.15, 0.2) is 0 Å². The SMILES string of the molecule is Cc1nccn1Cc1ccoc1CN. The monoisotopic (exact) mass is 191 g/mol. The molecule has 0 aliphatic rings. The number of hydrogen-bond acceptors (Lipinski definition) is 3. The Labute approximate surface area is 82.4 Å². The average molecular weight is 191 g/mol. The highest BCUT2D eigenvalue weighted by atomic mass is 16.3. The van der Waals surface area contributed by atoms with Gasteiger partial charge in [0, 0.05) is 18.0 Å². The van der Waals surface area contributed by atoms with Gasteiger partial charge < -0.3 is 14.7 Å². The van der Waals surface area contributed by atoms with Crippen molar-refractivity contribution in [1.82, 2.24) is 9.55 Å². The van der Waals surface area contributed by atoms with Gasteiger partial charge in [-0.05, 0) is 13.0 Å². The molecule has 14 heavy (non-hydrogen) atoms. The Balaban J connectivity index is 2.22. The van der Waals surface area contributed by atoms with Crippen molar-refractivity contribution in [2.75, 3.05) is 0 Å². The summed E-state index contributed by atoms with van der Waals surface area (Å²) in [6, 6.07) is 1.95. The molecule has 0 aromatic carbocycles. The van der Waals surface area contributed by atoms with E-state index in [9.17, 15) is 0 Å². The molecule has 2 N–H and O–H groups in total. The zero-order chi connectivity index (χ0) is 9.97. The van der Waals surface area contributed by atoms with E-state index in [-0.39, 0.29) is 0 Å². The predicted molar refractivity (Wildman–Crippen MR) is 52.7 cm³/mol. The molecule has 2 heterocycles. The van der Waals surface area contributed by atoms with Crippen LogP contribution in [0.4, 0.5) is 0 Å². The first-order chi connectivity index (χ1) is 6.81. The van der Waals surface area contributed by atoms with Gasteiger partial charge in [-0.2, -0.15) is 0 Å². The summed E-state index contributed by atoms with van der Waals surface area (Å²) in [5, 5.41) is 0. The molecule has 0 unspecified atom stereocenters. The Morgan fingerprint density at radius 2 is 2.43 bits per heavy atom. The zero-order valence-corrected chi connectivity index (χ0v) is 8.10. The molecule has 0 aliphatic heterocycles. The van der Waals surface area contributed by atoms with E-state index in [1.54, 1.807) is 12.5 Å². The van der Waals surface area contributed by atoms with Gasteiger partial charge in [-0.1, -0.05) is 0 Å². The van der Waals surface area contributed by atoms with Crippen LogP contribution in [-0.4, -0.2) is 9.55 Å². The third-order valence-corrected chi connectivity index (χ3v) is 2.29. The number of furan rings is 1. The van der Waals surface area contributed by atoms with Crippen molar-refractivity contribution < 1.29 is 4.42 Å². The van der Waals surface area contributed by atoms with Crippen LogP contribution in [0.15, 0.2) is 29.1 Å². The van der Waals surface area contributed by atoms with E-state index in [0.717, 1.165) is 23.7 Å². The number of nitrogens with zero attached hydrogens (tertiary/aromatic N) is 2. The number of rotatable bonds is 3. The van der Waals surface area contributed by atoms with E-state index < -0.39 is 0 Å². The van der Waals surface area contributed by atoms with Crippen LogP contribution in [0.2, 0.25) is 0 Å². The molecular formula is C10H13N3O. The molecule has 0 spiro atoms. The lowest BCUT2D eigenvalue weighted by Gasteiger charge is -2.03. The van der Waals surface area contributed by atoms with Crippen LogP contribution in [0.1, 0.15) is 17.1 Å². The van der Waals surface area contributed by atoms with Crippen LogP contribution < -0.4 is 5.73 Å². The normalized spacial score (nSPS) is 10.7. The van der Waals surface area contributed by atoms with Gasteiger partial charge in [-0.25, -0.2) is 4.98 Å². The van der Waals surface area contributed by atoms with E-state index in [0.29, 0.717) is 6.54 Å². The van der Waals surface area contributed by atoms with Gasteiger partial charge in [-0.3, -0.25) is 0 Å². The maximum atomic E-state index is 5.54. The van der Waals surface area contributed by atoms with Gasteiger partial charge in [0.2, 0.25) is 0 Å². The van der Waals surface area contributed by atoms with Crippen LogP contribution in [0.3, 0.4) is 0 Å². The molecule has 0 amide bonds. The van der Waals surface area contributed by atoms with Crippen molar-refractivity contribution in [3.8, 4) is 0 Å². The Bertz CT molecular complexity index is 416. The van der Waals surface area contributed by atoms with Crippen molar-refractivity contribution in [2.45, 2.75) is 20.0 Å². The zero-order valence-electron chi connectivity index (χ0n) is 8.10. The van der Waals surface area contributed by atoms with Gasteiger partial charge >= 0.3 is 0 Å².